The van der Waals surface area contributed by atoms with Crippen molar-refractivity contribution in [3.63, 3.8) is 0 Å². The van der Waals surface area contributed by atoms with Gasteiger partial charge in [-0.05, 0) is 50.7 Å². The molecule has 1 aromatic carbocycles. The molecule has 1 unspecified atom stereocenters. The predicted octanol–water partition coefficient (Wildman–Crippen LogP) is 2.72. The molecule has 0 radical (unpaired) electrons. The summed E-state index contributed by atoms with van der Waals surface area (Å²) in [6.45, 7) is 4.44. The number of carbonyl (C=O) groups is 2. The number of rotatable bonds is 4. The molecule has 2 fully saturated rings. The molecule has 5 nitrogen and oxygen atoms in total. The van der Waals surface area contributed by atoms with Crippen molar-refractivity contribution in [1.29, 1.82) is 0 Å². The second kappa shape index (κ2) is 8.21. The van der Waals surface area contributed by atoms with Gasteiger partial charge in [0.1, 0.15) is 0 Å². The Morgan fingerprint density at radius 2 is 1.73 bits per heavy atom. The zero-order chi connectivity index (χ0) is 18.7. The molecular formula is C21H30N2O3. The summed E-state index contributed by atoms with van der Waals surface area (Å²) < 4.78 is 0. The summed E-state index contributed by atoms with van der Waals surface area (Å²) in [4.78, 5) is 27.3. The molecule has 1 aliphatic heterocycles. The van der Waals surface area contributed by atoms with Gasteiger partial charge in [0.25, 0.3) is 11.8 Å². The number of aliphatic hydroxyl groups is 1. The highest BCUT2D eigenvalue weighted by atomic mass is 16.3. The maximum absolute atomic E-state index is 13.1. The Morgan fingerprint density at radius 3 is 2.38 bits per heavy atom. The van der Waals surface area contributed by atoms with E-state index in [1.165, 1.54) is 6.42 Å². The minimum absolute atomic E-state index is 0.0763. The van der Waals surface area contributed by atoms with E-state index in [9.17, 15) is 14.7 Å². The summed E-state index contributed by atoms with van der Waals surface area (Å²) in [5.74, 6) is -0.407. The summed E-state index contributed by atoms with van der Waals surface area (Å²) in [7, 11) is 0. The molecule has 0 spiro atoms. The number of hydrogen-bond donors (Lipinski definition) is 2. The minimum atomic E-state index is -1.16. The van der Waals surface area contributed by atoms with Gasteiger partial charge in [-0.3, -0.25) is 9.59 Å². The highest BCUT2D eigenvalue weighted by Crippen LogP contribution is 2.26. The number of aliphatic hydroxyl groups excluding tert-OH is 1. The van der Waals surface area contributed by atoms with Crippen LogP contribution in [0.1, 0.15) is 66.4 Å². The summed E-state index contributed by atoms with van der Waals surface area (Å²) in [5, 5.41) is 13.6. The fraction of sp³-hybridized carbons (Fsp3) is 0.619. The van der Waals surface area contributed by atoms with Crippen LogP contribution < -0.4 is 5.32 Å². The third kappa shape index (κ3) is 3.93. The van der Waals surface area contributed by atoms with Crippen molar-refractivity contribution in [2.24, 2.45) is 0 Å². The molecule has 1 aliphatic carbocycles. The van der Waals surface area contributed by atoms with Crippen molar-refractivity contribution in [3.05, 3.63) is 34.9 Å². The van der Waals surface area contributed by atoms with Crippen LogP contribution in [0.3, 0.4) is 0 Å². The number of likely N-dealkylation sites (tertiary alicyclic amines) is 1. The second-order valence-corrected chi connectivity index (χ2v) is 7.76. The summed E-state index contributed by atoms with van der Waals surface area (Å²) >= 11 is 0. The Kier molecular flexibility index (Phi) is 5.97. The number of benzene rings is 1. The molecule has 2 atom stereocenters. The minimum Gasteiger partial charge on any atom is -0.381 e. The summed E-state index contributed by atoms with van der Waals surface area (Å²) in [6, 6.07) is 5.52. The van der Waals surface area contributed by atoms with Crippen LogP contribution in [0.4, 0.5) is 0 Å². The van der Waals surface area contributed by atoms with Crippen LogP contribution in [0.15, 0.2) is 18.2 Å². The number of carbonyl (C=O) groups excluding carboxylic acids is 2. The van der Waals surface area contributed by atoms with Crippen molar-refractivity contribution in [2.75, 3.05) is 6.54 Å². The van der Waals surface area contributed by atoms with Crippen LogP contribution in [0.25, 0.3) is 0 Å². The van der Waals surface area contributed by atoms with Crippen LogP contribution in [0, 0.1) is 13.8 Å². The number of aryl methyl sites for hydroxylation is 2. The van der Waals surface area contributed by atoms with Gasteiger partial charge < -0.3 is 15.3 Å². The largest absolute Gasteiger partial charge is 0.381 e. The molecule has 1 heterocycles. The first-order chi connectivity index (χ1) is 12.5. The molecular weight excluding hydrogens is 328 g/mol. The van der Waals surface area contributed by atoms with Crippen LogP contribution in [-0.4, -0.2) is 46.6 Å². The molecule has 0 bridgehead atoms. The molecule has 26 heavy (non-hydrogen) atoms. The van der Waals surface area contributed by atoms with Crippen LogP contribution >= 0.6 is 0 Å². The van der Waals surface area contributed by atoms with Crippen molar-refractivity contribution in [2.45, 2.75) is 77.0 Å². The van der Waals surface area contributed by atoms with Gasteiger partial charge in [0, 0.05) is 18.2 Å². The van der Waals surface area contributed by atoms with Gasteiger partial charge in [-0.25, -0.2) is 0 Å². The Hall–Kier alpha value is -1.88. The van der Waals surface area contributed by atoms with Gasteiger partial charge in [0.2, 0.25) is 0 Å². The topological polar surface area (TPSA) is 69.6 Å². The molecule has 2 amide bonds. The van der Waals surface area contributed by atoms with Crippen molar-refractivity contribution in [3.8, 4) is 0 Å². The van der Waals surface area contributed by atoms with E-state index < -0.39 is 12.1 Å². The second-order valence-electron chi connectivity index (χ2n) is 7.76. The fourth-order valence-electron chi connectivity index (χ4n) is 4.38. The highest BCUT2D eigenvalue weighted by Gasteiger charge is 2.38. The van der Waals surface area contributed by atoms with Gasteiger partial charge in [-0.2, -0.15) is 0 Å². The van der Waals surface area contributed by atoms with E-state index in [1.807, 2.05) is 32.0 Å². The van der Waals surface area contributed by atoms with Crippen LogP contribution in [-0.2, 0) is 4.79 Å². The van der Waals surface area contributed by atoms with E-state index in [2.05, 4.69) is 5.32 Å². The third-order valence-corrected chi connectivity index (χ3v) is 5.84. The third-order valence-electron chi connectivity index (χ3n) is 5.84. The lowest BCUT2D eigenvalue weighted by Gasteiger charge is -2.31. The van der Waals surface area contributed by atoms with Crippen LogP contribution in [0.2, 0.25) is 0 Å². The number of nitrogens with zero attached hydrogens (tertiary/aromatic N) is 1. The lowest BCUT2D eigenvalue weighted by atomic mass is 9.95. The first-order valence-electron chi connectivity index (χ1n) is 9.84. The summed E-state index contributed by atoms with van der Waals surface area (Å²) in [6.07, 6.45) is 5.75. The molecule has 142 valence electrons. The summed E-state index contributed by atoms with van der Waals surface area (Å²) in [5.41, 5.74) is 2.56. The molecule has 3 rings (SSSR count). The van der Waals surface area contributed by atoms with Gasteiger partial charge in [-0.1, -0.05) is 37.5 Å². The highest BCUT2D eigenvalue weighted by molar-refractivity contribution is 5.98. The molecule has 1 aromatic rings. The maximum Gasteiger partial charge on any atom is 0.254 e. The van der Waals surface area contributed by atoms with E-state index in [4.69, 9.17) is 0 Å². The number of nitrogens with one attached hydrogen (secondary N) is 1. The molecule has 1 saturated carbocycles. The quantitative estimate of drug-likeness (QED) is 0.869. The van der Waals surface area contributed by atoms with E-state index in [-0.39, 0.29) is 17.9 Å². The predicted molar refractivity (Wildman–Crippen MR) is 101 cm³/mol. The first-order valence-corrected chi connectivity index (χ1v) is 9.84. The van der Waals surface area contributed by atoms with E-state index in [0.717, 1.165) is 43.2 Å². The van der Waals surface area contributed by atoms with Gasteiger partial charge in [0.05, 0.1) is 6.04 Å². The molecule has 0 aromatic heterocycles. The zero-order valence-corrected chi connectivity index (χ0v) is 15.8. The monoisotopic (exact) mass is 358 g/mol. The fourth-order valence-corrected chi connectivity index (χ4v) is 4.38. The first kappa shape index (κ1) is 18.9. The van der Waals surface area contributed by atoms with Crippen molar-refractivity contribution >= 4 is 11.8 Å². The molecule has 5 heteroatoms. The lowest BCUT2D eigenvalue weighted by Crippen LogP contribution is -2.52. The van der Waals surface area contributed by atoms with E-state index in [0.29, 0.717) is 18.5 Å². The maximum atomic E-state index is 13.1. The zero-order valence-electron chi connectivity index (χ0n) is 15.8. The van der Waals surface area contributed by atoms with Gasteiger partial charge in [0.15, 0.2) is 6.10 Å². The van der Waals surface area contributed by atoms with E-state index in [1.54, 1.807) is 4.90 Å². The SMILES string of the molecule is Cc1cccc(C)c1C(=O)N1CCC[C@H]1C(O)C(=O)NC1CCCCC1. The molecule has 2 aliphatic rings. The smallest absolute Gasteiger partial charge is 0.254 e. The number of amides is 2. The van der Waals surface area contributed by atoms with Crippen molar-refractivity contribution in [1.82, 2.24) is 10.2 Å². The van der Waals surface area contributed by atoms with Crippen molar-refractivity contribution < 1.29 is 14.7 Å². The van der Waals surface area contributed by atoms with E-state index >= 15 is 0 Å². The lowest BCUT2D eigenvalue weighted by molar-refractivity contribution is -0.132. The Labute approximate surface area is 155 Å². The van der Waals surface area contributed by atoms with Gasteiger partial charge in [-0.15, -0.1) is 0 Å². The standard InChI is InChI=1S/C21H30N2O3/c1-14-8-6-9-15(2)18(14)21(26)23-13-7-12-17(23)19(24)20(25)22-16-10-4-3-5-11-16/h6,8-9,16-17,19,24H,3-5,7,10-13H2,1-2H3,(H,22,25)/t17-,19?/m0/s1. The Balaban J connectivity index is 1.70. The molecule has 1 saturated heterocycles. The molecule has 2 N–H and O–H groups in total. The number of hydrogen-bond acceptors (Lipinski definition) is 3. The average molecular weight is 358 g/mol. The Morgan fingerprint density at radius 1 is 1.08 bits per heavy atom. The normalized spacial score (nSPS) is 22.3. The average Bonchev–Trinajstić information content (AvgIpc) is 3.11. The Bertz CT molecular complexity index is 647. The van der Waals surface area contributed by atoms with Gasteiger partial charge >= 0.3 is 0 Å². The van der Waals surface area contributed by atoms with Crippen LogP contribution in [0.5, 0.6) is 0 Å².